The van der Waals surface area contributed by atoms with Gasteiger partial charge in [-0.3, -0.25) is 4.79 Å². The first kappa shape index (κ1) is 19.7. The van der Waals surface area contributed by atoms with E-state index in [4.69, 9.17) is 16.0 Å². The highest BCUT2D eigenvalue weighted by Crippen LogP contribution is 2.51. The molecule has 1 aromatic carbocycles. The van der Waals surface area contributed by atoms with Crippen LogP contribution in [-0.2, 0) is 0 Å². The van der Waals surface area contributed by atoms with Gasteiger partial charge in [0.15, 0.2) is 0 Å². The summed E-state index contributed by atoms with van der Waals surface area (Å²) >= 11 is 6.33. The van der Waals surface area contributed by atoms with Gasteiger partial charge in [0.2, 0.25) is 0 Å². The number of carbonyl (C=O) groups is 1. The summed E-state index contributed by atoms with van der Waals surface area (Å²) in [6.45, 7) is 11.3. The number of benzene rings is 1. The van der Waals surface area contributed by atoms with Crippen LogP contribution in [-0.4, -0.2) is 47.7 Å². The molecule has 1 amide bonds. The molecular weight excluding hydrogens is 376 g/mol. The van der Waals surface area contributed by atoms with Crippen LogP contribution >= 0.6 is 11.6 Å². The number of amides is 1. The van der Waals surface area contributed by atoms with Gasteiger partial charge < -0.3 is 19.7 Å². The number of aliphatic hydroxyl groups is 1. The summed E-state index contributed by atoms with van der Waals surface area (Å²) in [5.74, 6) is 2.53. The zero-order valence-corrected chi connectivity index (χ0v) is 17.8. The van der Waals surface area contributed by atoms with Crippen molar-refractivity contribution in [2.24, 2.45) is 17.8 Å². The fraction of sp³-hybridized carbons (Fsp3) is 0.591. The Hall–Kier alpha value is -1.56. The lowest BCUT2D eigenvalue weighted by Gasteiger charge is -2.24. The number of carbonyl (C=O) groups excluding carboxylic acids is 1. The molecule has 2 aromatic rings. The quantitative estimate of drug-likeness (QED) is 0.769. The molecule has 152 valence electrons. The molecule has 0 bridgehead atoms. The molecular formula is C22H29ClN2O3. The van der Waals surface area contributed by atoms with Crippen LogP contribution in [0.2, 0.25) is 5.02 Å². The highest BCUT2D eigenvalue weighted by Gasteiger charge is 2.55. The number of rotatable bonds is 6. The molecule has 2 fully saturated rings. The molecule has 1 aliphatic carbocycles. The average molecular weight is 405 g/mol. The van der Waals surface area contributed by atoms with Crippen LogP contribution in [0, 0.1) is 31.6 Å². The van der Waals surface area contributed by atoms with Gasteiger partial charge in [-0.1, -0.05) is 11.6 Å². The van der Waals surface area contributed by atoms with Crippen LogP contribution in [0.25, 0.3) is 11.0 Å². The van der Waals surface area contributed by atoms with E-state index in [-0.39, 0.29) is 5.91 Å². The zero-order chi connectivity index (χ0) is 20.2. The molecule has 6 heteroatoms. The van der Waals surface area contributed by atoms with Gasteiger partial charge in [0.1, 0.15) is 11.3 Å². The van der Waals surface area contributed by atoms with Gasteiger partial charge in [0, 0.05) is 36.6 Å². The number of aryl methyl sites for hydroxylation is 2. The third-order valence-corrected chi connectivity index (χ3v) is 6.76. The van der Waals surface area contributed by atoms with Gasteiger partial charge in [0.25, 0.3) is 5.91 Å². The van der Waals surface area contributed by atoms with Crippen LogP contribution in [0.4, 0.5) is 0 Å². The summed E-state index contributed by atoms with van der Waals surface area (Å²) in [4.78, 5) is 15.2. The molecule has 1 aromatic heterocycles. The zero-order valence-electron chi connectivity index (χ0n) is 17.0. The molecule has 5 nitrogen and oxygen atoms in total. The van der Waals surface area contributed by atoms with E-state index in [0.29, 0.717) is 40.5 Å². The molecule has 2 aliphatic rings. The number of likely N-dealkylation sites (tertiary alicyclic amines) is 1. The molecule has 2 atom stereocenters. The SMILES string of the molecule is Cc1cc2c(C)c(Cl)cc(C(=O)NCC3C4CN(CCC(C)(C)O)CC34)c2o1. The van der Waals surface area contributed by atoms with E-state index in [9.17, 15) is 9.90 Å². The monoisotopic (exact) mass is 404 g/mol. The summed E-state index contributed by atoms with van der Waals surface area (Å²) in [6, 6.07) is 3.64. The molecule has 1 aliphatic heterocycles. The maximum atomic E-state index is 12.8. The third kappa shape index (κ3) is 3.80. The van der Waals surface area contributed by atoms with Gasteiger partial charge >= 0.3 is 0 Å². The predicted molar refractivity (Wildman–Crippen MR) is 111 cm³/mol. The van der Waals surface area contributed by atoms with Gasteiger partial charge in [-0.25, -0.2) is 0 Å². The number of halogens is 1. The van der Waals surface area contributed by atoms with Crippen LogP contribution in [0.1, 0.15) is 41.9 Å². The highest BCUT2D eigenvalue weighted by atomic mass is 35.5. The minimum Gasteiger partial charge on any atom is -0.461 e. The number of nitrogens with zero attached hydrogens (tertiary/aromatic N) is 1. The Morgan fingerprint density at radius 1 is 1.32 bits per heavy atom. The molecule has 28 heavy (non-hydrogen) atoms. The van der Waals surface area contributed by atoms with Crippen molar-refractivity contribution in [1.29, 1.82) is 0 Å². The second-order valence-electron chi connectivity index (χ2n) is 9.15. The maximum Gasteiger partial charge on any atom is 0.255 e. The van der Waals surface area contributed by atoms with Crippen LogP contribution in [0.5, 0.6) is 0 Å². The van der Waals surface area contributed by atoms with Gasteiger partial charge in [-0.05, 0) is 69.6 Å². The number of piperidine rings is 1. The summed E-state index contributed by atoms with van der Waals surface area (Å²) in [7, 11) is 0. The Morgan fingerprint density at radius 2 is 2.00 bits per heavy atom. The highest BCUT2D eigenvalue weighted by molar-refractivity contribution is 6.33. The number of fused-ring (bicyclic) bond motifs is 2. The molecule has 2 unspecified atom stereocenters. The molecule has 4 rings (SSSR count). The molecule has 2 N–H and O–H groups in total. The van der Waals surface area contributed by atoms with E-state index >= 15 is 0 Å². The van der Waals surface area contributed by atoms with Crippen molar-refractivity contribution < 1.29 is 14.3 Å². The van der Waals surface area contributed by atoms with Gasteiger partial charge in [-0.15, -0.1) is 0 Å². The van der Waals surface area contributed by atoms with Crippen LogP contribution < -0.4 is 5.32 Å². The smallest absolute Gasteiger partial charge is 0.255 e. The minimum atomic E-state index is -0.606. The number of hydrogen-bond donors (Lipinski definition) is 2. The van der Waals surface area contributed by atoms with E-state index in [1.165, 1.54) is 0 Å². The van der Waals surface area contributed by atoms with Crippen LogP contribution in [0.15, 0.2) is 16.5 Å². The van der Waals surface area contributed by atoms with Crippen LogP contribution in [0.3, 0.4) is 0 Å². The largest absolute Gasteiger partial charge is 0.461 e. The molecule has 0 radical (unpaired) electrons. The Labute approximate surface area is 171 Å². The number of nitrogens with one attached hydrogen (secondary N) is 1. The average Bonchev–Trinajstić information content (AvgIpc) is 2.96. The van der Waals surface area contributed by atoms with E-state index in [1.807, 2.05) is 33.8 Å². The van der Waals surface area contributed by atoms with E-state index in [0.717, 1.165) is 42.8 Å². The first-order valence-electron chi connectivity index (χ1n) is 10.1. The Morgan fingerprint density at radius 3 is 2.64 bits per heavy atom. The van der Waals surface area contributed by atoms with E-state index in [1.54, 1.807) is 6.07 Å². The lowest BCUT2D eigenvalue weighted by molar-refractivity contribution is 0.0585. The summed E-state index contributed by atoms with van der Waals surface area (Å²) in [6.07, 6.45) is 0.792. The first-order valence-corrected chi connectivity index (χ1v) is 10.4. The third-order valence-electron chi connectivity index (χ3n) is 6.36. The second-order valence-corrected chi connectivity index (χ2v) is 9.56. The molecule has 1 saturated heterocycles. The topological polar surface area (TPSA) is 65.7 Å². The minimum absolute atomic E-state index is 0.120. The van der Waals surface area contributed by atoms with E-state index < -0.39 is 5.60 Å². The van der Waals surface area contributed by atoms with Crippen molar-refractivity contribution in [3.8, 4) is 0 Å². The molecule has 0 spiro atoms. The summed E-state index contributed by atoms with van der Waals surface area (Å²) < 4.78 is 5.77. The van der Waals surface area contributed by atoms with Crippen molar-refractivity contribution >= 4 is 28.5 Å². The van der Waals surface area contributed by atoms with Crippen molar-refractivity contribution in [2.45, 2.75) is 39.7 Å². The lowest BCUT2D eigenvalue weighted by Crippen LogP contribution is -2.33. The number of furan rings is 1. The second kappa shape index (κ2) is 7.05. The Bertz CT molecular complexity index is 903. The van der Waals surface area contributed by atoms with E-state index in [2.05, 4.69) is 10.2 Å². The molecule has 2 heterocycles. The Balaban J connectivity index is 1.34. The normalized spacial score (nSPS) is 24.6. The van der Waals surface area contributed by atoms with Crippen molar-refractivity contribution in [1.82, 2.24) is 10.2 Å². The first-order chi connectivity index (χ1) is 13.1. The molecule has 1 saturated carbocycles. The summed E-state index contributed by atoms with van der Waals surface area (Å²) in [5, 5.41) is 14.5. The predicted octanol–water partition coefficient (Wildman–Crippen LogP) is 3.77. The fourth-order valence-electron chi connectivity index (χ4n) is 4.55. The summed E-state index contributed by atoms with van der Waals surface area (Å²) in [5.41, 5.74) is 1.46. The van der Waals surface area contributed by atoms with Gasteiger partial charge in [-0.2, -0.15) is 0 Å². The lowest BCUT2D eigenvalue weighted by atomic mass is 10.1. The van der Waals surface area contributed by atoms with Crippen molar-refractivity contribution in [3.63, 3.8) is 0 Å². The van der Waals surface area contributed by atoms with Crippen molar-refractivity contribution in [2.75, 3.05) is 26.2 Å². The standard InChI is InChI=1S/C22H29ClN2O3/c1-12-7-14-13(2)19(23)8-15(20(14)28-12)21(26)24-9-16-17-10-25(11-18(16)17)6-5-22(3,4)27/h7-8,16-18,27H,5-6,9-11H2,1-4H3,(H,24,26). The van der Waals surface area contributed by atoms with Crippen molar-refractivity contribution in [3.05, 3.63) is 34.0 Å². The van der Waals surface area contributed by atoms with Gasteiger partial charge in [0.05, 0.1) is 11.2 Å². The maximum absolute atomic E-state index is 12.8. The fourth-order valence-corrected chi connectivity index (χ4v) is 4.76. The Kier molecular flexibility index (Phi) is 4.97. The number of hydrogen-bond acceptors (Lipinski definition) is 4.